The number of benzene rings is 1. The molecule has 0 bridgehead atoms. The van der Waals surface area contributed by atoms with Crippen LogP contribution in [-0.4, -0.2) is 37.1 Å². The quantitative estimate of drug-likeness (QED) is 0.703. The summed E-state index contributed by atoms with van der Waals surface area (Å²) in [4.78, 5) is 0. The Morgan fingerprint density at radius 3 is 2.94 bits per heavy atom. The molecule has 2 atom stereocenters. The monoisotopic (exact) mass is 252 g/mol. The molecule has 4 N–H and O–H groups in total. The Balaban J connectivity index is 2.02. The number of methoxy groups -OCH3 is 1. The van der Waals surface area contributed by atoms with Gasteiger partial charge in [-0.1, -0.05) is 0 Å². The summed E-state index contributed by atoms with van der Waals surface area (Å²) in [5.74, 6) is 0.717. The highest BCUT2D eigenvalue weighted by molar-refractivity contribution is 5.68. The first-order valence-electron chi connectivity index (χ1n) is 6.06. The van der Waals surface area contributed by atoms with Gasteiger partial charge in [-0.05, 0) is 19.1 Å². The SMILES string of the molecule is COc1ccc(NCC2(O)CCOC2C)c(N)c1. The molecule has 0 spiro atoms. The maximum Gasteiger partial charge on any atom is 0.121 e. The summed E-state index contributed by atoms with van der Waals surface area (Å²) in [6.07, 6.45) is 0.474. The van der Waals surface area contributed by atoms with Gasteiger partial charge in [-0.3, -0.25) is 0 Å². The summed E-state index contributed by atoms with van der Waals surface area (Å²) in [7, 11) is 1.60. The predicted molar refractivity (Wildman–Crippen MR) is 70.9 cm³/mol. The Morgan fingerprint density at radius 1 is 1.61 bits per heavy atom. The average Bonchev–Trinajstić information content (AvgIpc) is 2.68. The van der Waals surface area contributed by atoms with Gasteiger partial charge in [-0.15, -0.1) is 0 Å². The number of ether oxygens (including phenoxy) is 2. The van der Waals surface area contributed by atoms with Gasteiger partial charge in [0.1, 0.15) is 11.4 Å². The van der Waals surface area contributed by atoms with E-state index in [-0.39, 0.29) is 6.10 Å². The molecule has 1 fully saturated rings. The highest BCUT2D eigenvalue weighted by atomic mass is 16.5. The maximum atomic E-state index is 10.4. The van der Waals surface area contributed by atoms with Crippen molar-refractivity contribution in [2.75, 3.05) is 31.3 Å². The lowest BCUT2D eigenvalue weighted by Crippen LogP contribution is -2.43. The number of nitrogens with one attached hydrogen (secondary N) is 1. The number of hydrogen-bond donors (Lipinski definition) is 3. The largest absolute Gasteiger partial charge is 0.497 e. The third kappa shape index (κ3) is 2.52. The van der Waals surface area contributed by atoms with Gasteiger partial charge < -0.3 is 25.6 Å². The van der Waals surface area contributed by atoms with Crippen molar-refractivity contribution in [2.24, 2.45) is 0 Å². The van der Waals surface area contributed by atoms with Crippen LogP contribution in [0.15, 0.2) is 18.2 Å². The van der Waals surface area contributed by atoms with Crippen LogP contribution >= 0.6 is 0 Å². The molecule has 5 nitrogen and oxygen atoms in total. The van der Waals surface area contributed by atoms with E-state index in [1.807, 2.05) is 19.1 Å². The van der Waals surface area contributed by atoms with Crippen LogP contribution in [0, 0.1) is 0 Å². The molecule has 1 aromatic carbocycles. The van der Waals surface area contributed by atoms with Crippen LogP contribution in [0.2, 0.25) is 0 Å². The van der Waals surface area contributed by atoms with Crippen molar-refractivity contribution >= 4 is 11.4 Å². The fourth-order valence-corrected chi connectivity index (χ4v) is 2.08. The molecule has 18 heavy (non-hydrogen) atoms. The summed E-state index contributed by atoms with van der Waals surface area (Å²) in [5.41, 5.74) is 6.47. The zero-order valence-electron chi connectivity index (χ0n) is 10.8. The van der Waals surface area contributed by atoms with E-state index >= 15 is 0 Å². The van der Waals surface area contributed by atoms with E-state index in [0.29, 0.717) is 31.0 Å². The zero-order chi connectivity index (χ0) is 13.2. The number of nitrogen functional groups attached to an aromatic ring is 1. The summed E-state index contributed by atoms with van der Waals surface area (Å²) in [6.45, 7) is 2.90. The lowest BCUT2D eigenvalue weighted by molar-refractivity contribution is -0.0175. The number of nitrogens with two attached hydrogens (primary N) is 1. The fraction of sp³-hybridized carbons (Fsp3) is 0.538. The van der Waals surface area contributed by atoms with Crippen LogP contribution < -0.4 is 15.8 Å². The molecule has 0 amide bonds. The minimum atomic E-state index is -0.827. The van der Waals surface area contributed by atoms with Crippen molar-refractivity contribution in [3.8, 4) is 5.75 Å². The van der Waals surface area contributed by atoms with Gasteiger partial charge in [0.2, 0.25) is 0 Å². The Hall–Kier alpha value is -1.46. The topological polar surface area (TPSA) is 76.7 Å². The van der Waals surface area contributed by atoms with Crippen molar-refractivity contribution in [1.29, 1.82) is 0 Å². The first kappa shape index (κ1) is 13.0. The number of anilines is 2. The molecule has 0 saturated carbocycles. The first-order valence-corrected chi connectivity index (χ1v) is 6.06. The lowest BCUT2D eigenvalue weighted by atomic mass is 9.96. The van der Waals surface area contributed by atoms with Gasteiger partial charge in [-0.2, -0.15) is 0 Å². The summed E-state index contributed by atoms with van der Waals surface area (Å²) < 4.78 is 10.5. The van der Waals surface area contributed by atoms with E-state index in [9.17, 15) is 5.11 Å². The van der Waals surface area contributed by atoms with Gasteiger partial charge in [0.15, 0.2) is 0 Å². The number of hydrogen-bond acceptors (Lipinski definition) is 5. The van der Waals surface area contributed by atoms with Crippen LogP contribution in [0.3, 0.4) is 0 Å². The van der Waals surface area contributed by atoms with Crippen molar-refractivity contribution < 1.29 is 14.6 Å². The second kappa shape index (κ2) is 5.04. The first-order chi connectivity index (χ1) is 8.55. The minimum Gasteiger partial charge on any atom is -0.497 e. The van der Waals surface area contributed by atoms with E-state index < -0.39 is 5.60 Å². The fourth-order valence-electron chi connectivity index (χ4n) is 2.08. The Morgan fingerprint density at radius 2 is 2.39 bits per heavy atom. The summed E-state index contributed by atoms with van der Waals surface area (Å²) in [5, 5.41) is 13.5. The van der Waals surface area contributed by atoms with Crippen LogP contribution in [-0.2, 0) is 4.74 Å². The van der Waals surface area contributed by atoms with E-state index in [0.717, 1.165) is 5.69 Å². The van der Waals surface area contributed by atoms with Crippen LogP contribution in [0.1, 0.15) is 13.3 Å². The molecule has 0 radical (unpaired) electrons. The van der Waals surface area contributed by atoms with Crippen molar-refractivity contribution in [2.45, 2.75) is 25.0 Å². The second-order valence-electron chi connectivity index (χ2n) is 4.67. The minimum absolute atomic E-state index is 0.163. The Labute approximate surface area is 107 Å². The molecule has 2 rings (SSSR count). The van der Waals surface area contributed by atoms with Gasteiger partial charge >= 0.3 is 0 Å². The van der Waals surface area contributed by atoms with E-state index in [2.05, 4.69) is 5.32 Å². The molecule has 2 unspecified atom stereocenters. The molecule has 1 saturated heterocycles. The standard InChI is InChI=1S/C13H20N2O3/c1-9-13(16,5-6-18-9)8-15-12-4-3-10(17-2)7-11(12)14/h3-4,7,9,15-16H,5-6,8,14H2,1-2H3. The normalized spacial score (nSPS) is 27.2. The third-order valence-electron chi connectivity index (χ3n) is 3.50. The molecule has 1 heterocycles. The van der Waals surface area contributed by atoms with E-state index in [1.54, 1.807) is 13.2 Å². The second-order valence-corrected chi connectivity index (χ2v) is 4.67. The molecule has 0 aliphatic carbocycles. The van der Waals surface area contributed by atoms with Crippen LogP contribution in [0.5, 0.6) is 5.75 Å². The summed E-state index contributed by atoms with van der Waals surface area (Å²) in [6, 6.07) is 5.43. The smallest absolute Gasteiger partial charge is 0.121 e. The number of aliphatic hydroxyl groups is 1. The van der Waals surface area contributed by atoms with E-state index in [4.69, 9.17) is 15.2 Å². The molecular weight excluding hydrogens is 232 g/mol. The number of rotatable bonds is 4. The van der Waals surface area contributed by atoms with Crippen molar-refractivity contribution in [3.05, 3.63) is 18.2 Å². The van der Waals surface area contributed by atoms with Crippen molar-refractivity contribution in [3.63, 3.8) is 0 Å². The average molecular weight is 252 g/mol. The third-order valence-corrected chi connectivity index (χ3v) is 3.50. The highest BCUT2D eigenvalue weighted by Crippen LogP contribution is 2.28. The van der Waals surface area contributed by atoms with Gasteiger partial charge in [0.05, 0.1) is 24.6 Å². The molecule has 1 aromatic rings. The lowest BCUT2D eigenvalue weighted by Gasteiger charge is -2.27. The predicted octanol–water partition coefficient (Wildman–Crippen LogP) is 1.23. The van der Waals surface area contributed by atoms with Crippen LogP contribution in [0.25, 0.3) is 0 Å². The molecule has 1 aliphatic heterocycles. The van der Waals surface area contributed by atoms with E-state index in [1.165, 1.54) is 0 Å². The van der Waals surface area contributed by atoms with Gasteiger partial charge in [-0.25, -0.2) is 0 Å². The zero-order valence-corrected chi connectivity index (χ0v) is 10.8. The Bertz CT molecular complexity index is 425. The molecule has 5 heteroatoms. The maximum absolute atomic E-state index is 10.4. The molecular formula is C13H20N2O3. The highest BCUT2D eigenvalue weighted by Gasteiger charge is 2.39. The summed E-state index contributed by atoms with van der Waals surface area (Å²) >= 11 is 0. The van der Waals surface area contributed by atoms with Crippen LogP contribution in [0.4, 0.5) is 11.4 Å². The van der Waals surface area contributed by atoms with Gasteiger partial charge in [0.25, 0.3) is 0 Å². The van der Waals surface area contributed by atoms with Crippen molar-refractivity contribution in [1.82, 2.24) is 0 Å². The molecule has 0 aromatic heterocycles. The molecule has 100 valence electrons. The van der Waals surface area contributed by atoms with Gasteiger partial charge in [0, 0.05) is 25.6 Å². The molecule has 1 aliphatic rings. The Kier molecular flexibility index (Phi) is 3.63.